The molecule has 1 N–H and O–H groups in total. The van der Waals surface area contributed by atoms with Gasteiger partial charge >= 0.3 is 5.97 Å². The van der Waals surface area contributed by atoms with Crippen molar-refractivity contribution in [3.63, 3.8) is 0 Å². The van der Waals surface area contributed by atoms with Crippen LogP contribution in [0.2, 0.25) is 0 Å². The van der Waals surface area contributed by atoms with Crippen molar-refractivity contribution < 1.29 is 23.1 Å². The molecule has 0 saturated heterocycles. The molecule has 118 valence electrons. The Labute approximate surface area is 126 Å². The molecule has 0 bridgehead atoms. The van der Waals surface area contributed by atoms with Crippen molar-refractivity contribution in [2.45, 2.75) is 19.9 Å². The summed E-state index contributed by atoms with van der Waals surface area (Å²) in [5.74, 6) is -2.67. The fourth-order valence-corrected chi connectivity index (χ4v) is 2.09. The summed E-state index contributed by atoms with van der Waals surface area (Å²) in [5.41, 5.74) is 0.861. The Morgan fingerprint density at radius 2 is 2.14 bits per heavy atom. The molecule has 0 spiro atoms. The van der Waals surface area contributed by atoms with Crippen molar-refractivity contribution in [1.82, 2.24) is 9.88 Å². The number of oxazole rings is 1. The van der Waals surface area contributed by atoms with Gasteiger partial charge in [0, 0.05) is 12.1 Å². The molecule has 7 heteroatoms. The standard InChI is InChI=1S/C15H16F2N2O3/c1-2-5-19(8-14(20)21)7-11-9-22-15(18-11)10-3-4-12(16)13(17)6-10/h3-4,6,9H,2,5,7-8H2,1H3,(H,20,21). The second kappa shape index (κ2) is 7.13. The van der Waals surface area contributed by atoms with Crippen LogP contribution in [-0.2, 0) is 11.3 Å². The maximum absolute atomic E-state index is 13.2. The van der Waals surface area contributed by atoms with E-state index in [1.54, 1.807) is 4.90 Å². The molecule has 0 aliphatic rings. The number of hydrogen-bond acceptors (Lipinski definition) is 4. The molecule has 2 aromatic rings. The third-order valence-electron chi connectivity index (χ3n) is 3.00. The number of halogens is 2. The number of carboxylic acid groups (broad SMARTS) is 1. The molecule has 1 heterocycles. The van der Waals surface area contributed by atoms with E-state index in [0.29, 0.717) is 24.3 Å². The lowest BCUT2D eigenvalue weighted by molar-refractivity contribution is -0.138. The number of nitrogens with zero attached hydrogens (tertiary/aromatic N) is 2. The second-order valence-electron chi connectivity index (χ2n) is 4.88. The molecular weight excluding hydrogens is 294 g/mol. The molecule has 5 nitrogen and oxygen atoms in total. The minimum Gasteiger partial charge on any atom is -0.480 e. The first-order chi connectivity index (χ1) is 10.5. The van der Waals surface area contributed by atoms with E-state index in [2.05, 4.69) is 4.98 Å². The molecular formula is C15H16F2N2O3. The highest BCUT2D eigenvalue weighted by atomic mass is 19.2. The van der Waals surface area contributed by atoms with Gasteiger partial charge in [0.15, 0.2) is 11.6 Å². The fraction of sp³-hybridized carbons (Fsp3) is 0.333. The van der Waals surface area contributed by atoms with Gasteiger partial charge in [-0.05, 0) is 31.2 Å². The number of rotatable bonds is 7. The van der Waals surface area contributed by atoms with Gasteiger partial charge in [0.25, 0.3) is 0 Å². The predicted molar refractivity (Wildman–Crippen MR) is 75.1 cm³/mol. The van der Waals surface area contributed by atoms with Crippen LogP contribution in [-0.4, -0.2) is 34.0 Å². The van der Waals surface area contributed by atoms with Crippen LogP contribution in [0, 0.1) is 11.6 Å². The Morgan fingerprint density at radius 3 is 2.77 bits per heavy atom. The van der Waals surface area contributed by atoms with Crippen LogP contribution in [0.4, 0.5) is 8.78 Å². The van der Waals surface area contributed by atoms with Gasteiger partial charge in [-0.3, -0.25) is 9.69 Å². The highest BCUT2D eigenvalue weighted by Crippen LogP contribution is 2.21. The summed E-state index contributed by atoms with van der Waals surface area (Å²) in [6, 6.07) is 3.38. The van der Waals surface area contributed by atoms with Crippen molar-refractivity contribution in [1.29, 1.82) is 0 Å². The summed E-state index contributed by atoms with van der Waals surface area (Å²) in [4.78, 5) is 16.7. The van der Waals surface area contributed by atoms with E-state index < -0.39 is 17.6 Å². The number of hydrogen-bond donors (Lipinski definition) is 1. The second-order valence-corrected chi connectivity index (χ2v) is 4.88. The Hall–Kier alpha value is -2.28. The highest BCUT2D eigenvalue weighted by molar-refractivity contribution is 5.69. The minimum absolute atomic E-state index is 0.0960. The van der Waals surface area contributed by atoms with Crippen LogP contribution in [0.15, 0.2) is 28.9 Å². The van der Waals surface area contributed by atoms with Gasteiger partial charge in [0.2, 0.25) is 5.89 Å². The van der Waals surface area contributed by atoms with Crippen molar-refractivity contribution in [2.24, 2.45) is 0 Å². The monoisotopic (exact) mass is 310 g/mol. The van der Waals surface area contributed by atoms with Gasteiger partial charge < -0.3 is 9.52 Å². The van der Waals surface area contributed by atoms with E-state index in [9.17, 15) is 13.6 Å². The summed E-state index contributed by atoms with van der Waals surface area (Å²) in [6.07, 6.45) is 2.20. The molecule has 22 heavy (non-hydrogen) atoms. The van der Waals surface area contributed by atoms with Crippen LogP contribution >= 0.6 is 0 Å². The normalized spacial score (nSPS) is 11.1. The Bertz CT molecular complexity index is 658. The smallest absolute Gasteiger partial charge is 0.317 e. The van der Waals surface area contributed by atoms with Crippen LogP contribution < -0.4 is 0 Å². The van der Waals surface area contributed by atoms with E-state index in [0.717, 1.165) is 18.6 Å². The molecule has 0 unspecified atom stereocenters. The molecule has 0 saturated carbocycles. The maximum Gasteiger partial charge on any atom is 0.317 e. The van der Waals surface area contributed by atoms with Crippen LogP contribution in [0.1, 0.15) is 19.0 Å². The van der Waals surface area contributed by atoms with E-state index >= 15 is 0 Å². The Balaban J connectivity index is 2.12. The number of carbonyl (C=O) groups is 1. The molecule has 2 rings (SSSR count). The lowest BCUT2D eigenvalue weighted by atomic mass is 10.2. The first-order valence-corrected chi connectivity index (χ1v) is 6.83. The van der Waals surface area contributed by atoms with Crippen molar-refractivity contribution >= 4 is 5.97 Å². The highest BCUT2D eigenvalue weighted by Gasteiger charge is 2.14. The third kappa shape index (κ3) is 4.11. The largest absolute Gasteiger partial charge is 0.480 e. The molecule has 0 atom stereocenters. The first kappa shape index (κ1) is 16.1. The van der Waals surface area contributed by atoms with Gasteiger partial charge in [-0.25, -0.2) is 13.8 Å². The summed E-state index contributed by atoms with van der Waals surface area (Å²) in [6.45, 7) is 2.78. The Kier molecular flexibility index (Phi) is 5.21. The van der Waals surface area contributed by atoms with E-state index in [1.807, 2.05) is 6.92 Å². The number of aliphatic carboxylic acids is 1. The average Bonchev–Trinajstić information content (AvgIpc) is 2.90. The van der Waals surface area contributed by atoms with Gasteiger partial charge in [-0.15, -0.1) is 0 Å². The summed E-state index contributed by atoms with van der Waals surface area (Å²) < 4.78 is 31.4. The van der Waals surface area contributed by atoms with Crippen molar-refractivity contribution in [2.75, 3.05) is 13.1 Å². The van der Waals surface area contributed by atoms with Gasteiger partial charge in [-0.1, -0.05) is 6.92 Å². The summed E-state index contributed by atoms with van der Waals surface area (Å²) >= 11 is 0. The zero-order valence-corrected chi connectivity index (χ0v) is 12.1. The molecule has 0 aliphatic heterocycles. The maximum atomic E-state index is 13.2. The van der Waals surface area contributed by atoms with E-state index in [1.165, 1.54) is 12.3 Å². The fourth-order valence-electron chi connectivity index (χ4n) is 2.09. The molecule has 0 fully saturated rings. The van der Waals surface area contributed by atoms with Gasteiger partial charge in [-0.2, -0.15) is 0 Å². The minimum atomic E-state index is -0.976. The van der Waals surface area contributed by atoms with Crippen molar-refractivity contribution in [3.8, 4) is 11.5 Å². The van der Waals surface area contributed by atoms with Crippen LogP contribution in [0.5, 0.6) is 0 Å². The van der Waals surface area contributed by atoms with Gasteiger partial charge in [0.1, 0.15) is 6.26 Å². The SMILES string of the molecule is CCCN(CC(=O)O)Cc1coc(-c2ccc(F)c(F)c2)n1. The Morgan fingerprint density at radius 1 is 1.36 bits per heavy atom. The predicted octanol–water partition coefficient (Wildman–Crippen LogP) is 2.92. The zero-order chi connectivity index (χ0) is 16.1. The molecule has 1 aromatic carbocycles. The van der Waals surface area contributed by atoms with E-state index in [4.69, 9.17) is 9.52 Å². The number of benzene rings is 1. The lowest BCUT2D eigenvalue weighted by Gasteiger charge is -2.17. The first-order valence-electron chi connectivity index (χ1n) is 6.83. The van der Waals surface area contributed by atoms with Crippen molar-refractivity contribution in [3.05, 3.63) is 41.8 Å². The molecule has 0 radical (unpaired) electrons. The zero-order valence-electron chi connectivity index (χ0n) is 12.1. The number of aromatic nitrogens is 1. The van der Waals surface area contributed by atoms with Gasteiger partial charge in [0.05, 0.1) is 12.2 Å². The number of carboxylic acids is 1. The summed E-state index contributed by atoms with van der Waals surface area (Å²) in [7, 11) is 0. The molecule has 0 aliphatic carbocycles. The van der Waals surface area contributed by atoms with E-state index in [-0.39, 0.29) is 12.4 Å². The van der Waals surface area contributed by atoms with Crippen LogP contribution in [0.25, 0.3) is 11.5 Å². The quantitative estimate of drug-likeness (QED) is 0.851. The van der Waals surface area contributed by atoms with Crippen LogP contribution in [0.3, 0.4) is 0 Å². The average molecular weight is 310 g/mol. The molecule has 0 amide bonds. The molecule has 1 aromatic heterocycles. The third-order valence-corrected chi connectivity index (χ3v) is 3.00. The topological polar surface area (TPSA) is 66.6 Å². The lowest BCUT2D eigenvalue weighted by Crippen LogP contribution is -2.30. The summed E-state index contributed by atoms with van der Waals surface area (Å²) in [5, 5.41) is 8.87.